The lowest BCUT2D eigenvalue weighted by molar-refractivity contribution is -0.122. The Balaban J connectivity index is 2.05. The smallest absolute Gasteiger partial charge is 0.220 e. The van der Waals surface area contributed by atoms with Crippen LogP contribution in [0.3, 0.4) is 0 Å². The summed E-state index contributed by atoms with van der Waals surface area (Å²) < 4.78 is 13.1. The van der Waals surface area contributed by atoms with E-state index < -0.39 is 0 Å². The molecule has 4 heteroatoms. The van der Waals surface area contributed by atoms with Crippen LogP contribution in [0.1, 0.15) is 57.1 Å². The van der Waals surface area contributed by atoms with Crippen LogP contribution in [-0.4, -0.2) is 11.9 Å². The van der Waals surface area contributed by atoms with E-state index in [0.29, 0.717) is 18.8 Å². The average Bonchev–Trinajstić information content (AvgIpc) is 2.97. The molecular formula is C17H25FN2O. The van der Waals surface area contributed by atoms with Gasteiger partial charge in [0.15, 0.2) is 0 Å². The van der Waals surface area contributed by atoms with Gasteiger partial charge in [0.2, 0.25) is 5.91 Å². The Hall–Kier alpha value is -1.42. The summed E-state index contributed by atoms with van der Waals surface area (Å²) in [5.41, 5.74) is 6.70. The molecule has 0 spiro atoms. The van der Waals surface area contributed by atoms with Crippen LogP contribution in [0.5, 0.6) is 0 Å². The lowest BCUT2D eigenvalue weighted by Gasteiger charge is -2.25. The summed E-state index contributed by atoms with van der Waals surface area (Å²) >= 11 is 0. The van der Waals surface area contributed by atoms with Crippen LogP contribution in [0.2, 0.25) is 0 Å². The molecule has 1 aromatic rings. The summed E-state index contributed by atoms with van der Waals surface area (Å²) in [6.07, 6.45) is 5.79. The number of benzene rings is 1. The number of nitrogens with two attached hydrogens (primary N) is 1. The van der Waals surface area contributed by atoms with Gasteiger partial charge in [-0.3, -0.25) is 4.79 Å². The maximum absolute atomic E-state index is 13.1. The third kappa shape index (κ3) is 4.81. The van der Waals surface area contributed by atoms with E-state index in [4.69, 9.17) is 5.73 Å². The van der Waals surface area contributed by atoms with E-state index in [9.17, 15) is 9.18 Å². The van der Waals surface area contributed by atoms with Crippen molar-refractivity contribution < 1.29 is 9.18 Å². The number of amides is 1. The fourth-order valence-electron chi connectivity index (χ4n) is 3.04. The Morgan fingerprint density at radius 2 is 1.95 bits per heavy atom. The van der Waals surface area contributed by atoms with Crippen LogP contribution in [0.4, 0.5) is 4.39 Å². The van der Waals surface area contributed by atoms with Gasteiger partial charge >= 0.3 is 0 Å². The van der Waals surface area contributed by atoms with Crippen molar-refractivity contribution in [1.29, 1.82) is 0 Å². The fourth-order valence-corrected chi connectivity index (χ4v) is 3.04. The molecule has 0 aromatic heterocycles. The highest BCUT2D eigenvalue weighted by Crippen LogP contribution is 2.35. The van der Waals surface area contributed by atoms with E-state index >= 15 is 0 Å². The minimum Gasteiger partial charge on any atom is -0.349 e. The molecule has 116 valence electrons. The first-order chi connectivity index (χ1) is 10.1. The summed E-state index contributed by atoms with van der Waals surface area (Å²) in [5.74, 6) is 0.246. The largest absolute Gasteiger partial charge is 0.349 e. The van der Waals surface area contributed by atoms with Crippen LogP contribution in [0.15, 0.2) is 24.3 Å². The molecule has 3 N–H and O–H groups in total. The van der Waals surface area contributed by atoms with E-state index in [1.54, 1.807) is 12.1 Å². The maximum Gasteiger partial charge on any atom is 0.220 e. The van der Waals surface area contributed by atoms with Crippen molar-refractivity contribution in [3.8, 4) is 0 Å². The highest BCUT2D eigenvalue weighted by Gasteiger charge is 2.27. The van der Waals surface area contributed by atoms with Gasteiger partial charge in [-0.25, -0.2) is 4.39 Å². The topological polar surface area (TPSA) is 55.1 Å². The Labute approximate surface area is 126 Å². The van der Waals surface area contributed by atoms with Gasteiger partial charge in [-0.1, -0.05) is 25.0 Å². The van der Waals surface area contributed by atoms with E-state index in [2.05, 4.69) is 5.32 Å². The van der Waals surface area contributed by atoms with Crippen LogP contribution in [0.25, 0.3) is 0 Å². The summed E-state index contributed by atoms with van der Waals surface area (Å²) in [5, 5.41) is 3.13. The fraction of sp³-hybridized carbons (Fsp3) is 0.588. The molecule has 0 bridgehead atoms. The third-order valence-electron chi connectivity index (χ3n) is 4.24. The lowest BCUT2D eigenvalue weighted by Crippen LogP contribution is -2.33. The maximum atomic E-state index is 13.1. The van der Waals surface area contributed by atoms with Crippen molar-refractivity contribution in [3.05, 3.63) is 35.6 Å². The summed E-state index contributed by atoms with van der Waals surface area (Å²) in [6.45, 7) is 1.90. The van der Waals surface area contributed by atoms with E-state index in [1.807, 2.05) is 6.92 Å². The van der Waals surface area contributed by atoms with Gasteiger partial charge in [-0.15, -0.1) is 0 Å². The quantitative estimate of drug-likeness (QED) is 0.845. The van der Waals surface area contributed by atoms with Gasteiger partial charge in [0.1, 0.15) is 5.82 Å². The van der Waals surface area contributed by atoms with Crippen molar-refractivity contribution in [2.24, 2.45) is 11.7 Å². The van der Waals surface area contributed by atoms with E-state index in [-0.39, 0.29) is 23.8 Å². The second-order valence-corrected chi connectivity index (χ2v) is 6.16. The minimum atomic E-state index is -0.243. The number of carbonyl (C=O) groups is 1. The molecule has 1 fully saturated rings. The zero-order chi connectivity index (χ0) is 15.2. The number of halogens is 1. The highest BCUT2D eigenvalue weighted by atomic mass is 19.1. The summed E-state index contributed by atoms with van der Waals surface area (Å²) in [4.78, 5) is 12.1. The van der Waals surface area contributed by atoms with Gasteiger partial charge in [-0.05, 0) is 49.8 Å². The number of rotatable bonds is 6. The van der Waals surface area contributed by atoms with Gasteiger partial charge in [-0.2, -0.15) is 0 Å². The lowest BCUT2D eigenvalue weighted by atomic mass is 9.91. The third-order valence-corrected chi connectivity index (χ3v) is 4.24. The second kappa shape index (κ2) is 7.55. The number of hydrogen-bond donors (Lipinski definition) is 2. The number of carbonyl (C=O) groups excluding carboxylic acids is 1. The summed E-state index contributed by atoms with van der Waals surface area (Å²) in [7, 11) is 0. The Morgan fingerprint density at radius 1 is 1.33 bits per heavy atom. The molecular weight excluding hydrogens is 267 g/mol. The Morgan fingerprint density at radius 3 is 2.52 bits per heavy atom. The predicted octanol–water partition coefficient (Wildman–Crippen LogP) is 3.30. The van der Waals surface area contributed by atoms with E-state index in [1.165, 1.54) is 25.0 Å². The van der Waals surface area contributed by atoms with Crippen molar-refractivity contribution in [2.75, 3.05) is 0 Å². The number of hydrogen-bond acceptors (Lipinski definition) is 2. The van der Waals surface area contributed by atoms with Crippen LogP contribution in [-0.2, 0) is 4.79 Å². The number of nitrogens with one attached hydrogen (secondary N) is 1. The van der Waals surface area contributed by atoms with Crippen molar-refractivity contribution >= 4 is 5.91 Å². The standard InChI is InChI=1S/C17H25FN2O/c1-12(19)6-11-16(21)20-17(13-4-2-3-5-13)14-7-9-15(18)10-8-14/h7-10,12-13,17H,2-6,11,19H2,1H3,(H,20,21). The zero-order valence-corrected chi connectivity index (χ0v) is 12.6. The normalized spacial score (nSPS) is 18.4. The average molecular weight is 292 g/mol. The molecule has 1 aliphatic rings. The van der Waals surface area contributed by atoms with Crippen molar-refractivity contribution in [1.82, 2.24) is 5.32 Å². The molecule has 1 saturated carbocycles. The van der Waals surface area contributed by atoms with Gasteiger partial charge in [0.25, 0.3) is 0 Å². The van der Waals surface area contributed by atoms with Crippen LogP contribution < -0.4 is 11.1 Å². The molecule has 1 amide bonds. The van der Waals surface area contributed by atoms with E-state index in [0.717, 1.165) is 18.4 Å². The molecule has 3 nitrogen and oxygen atoms in total. The highest BCUT2D eigenvalue weighted by molar-refractivity contribution is 5.76. The minimum absolute atomic E-state index is 0.00585. The predicted molar refractivity (Wildman–Crippen MR) is 82.1 cm³/mol. The second-order valence-electron chi connectivity index (χ2n) is 6.16. The molecule has 21 heavy (non-hydrogen) atoms. The SMILES string of the molecule is CC(N)CCC(=O)NC(c1ccc(F)cc1)C1CCCC1. The van der Waals surface area contributed by atoms with Crippen molar-refractivity contribution in [2.45, 2.75) is 57.5 Å². The van der Waals surface area contributed by atoms with Gasteiger partial charge in [0.05, 0.1) is 6.04 Å². The van der Waals surface area contributed by atoms with Gasteiger partial charge < -0.3 is 11.1 Å². The molecule has 0 saturated heterocycles. The molecule has 1 aliphatic carbocycles. The zero-order valence-electron chi connectivity index (χ0n) is 12.6. The Bertz CT molecular complexity index is 452. The van der Waals surface area contributed by atoms with Gasteiger partial charge in [0, 0.05) is 12.5 Å². The first-order valence-corrected chi connectivity index (χ1v) is 7.86. The molecule has 2 rings (SSSR count). The first kappa shape index (κ1) is 16.0. The Kier molecular flexibility index (Phi) is 5.74. The molecule has 0 radical (unpaired) electrons. The molecule has 0 aliphatic heterocycles. The molecule has 0 heterocycles. The molecule has 2 atom stereocenters. The molecule has 2 unspecified atom stereocenters. The first-order valence-electron chi connectivity index (χ1n) is 7.86. The summed E-state index contributed by atoms with van der Waals surface area (Å²) in [6, 6.07) is 6.52. The van der Waals surface area contributed by atoms with Crippen molar-refractivity contribution in [3.63, 3.8) is 0 Å². The van der Waals surface area contributed by atoms with Crippen LogP contribution in [0, 0.1) is 11.7 Å². The van der Waals surface area contributed by atoms with Crippen LogP contribution >= 0.6 is 0 Å². The molecule has 1 aromatic carbocycles. The monoisotopic (exact) mass is 292 g/mol.